The summed E-state index contributed by atoms with van der Waals surface area (Å²) >= 11 is 0. The topological polar surface area (TPSA) is 89.3 Å². The maximum atomic E-state index is 11.0. The van der Waals surface area contributed by atoms with Gasteiger partial charge in [-0.1, -0.05) is 6.92 Å². The number of primary amides is 1. The first-order chi connectivity index (χ1) is 6.48. The molecule has 0 heterocycles. The molecular formula is C8H18N2O3S. The van der Waals surface area contributed by atoms with Crippen LogP contribution in [0.1, 0.15) is 19.8 Å². The number of nitrogens with one attached hydrogen (secondary N) is 1. The molecule has 0 aromatic heterocycles. The Labute approximate surface area is 85.0 Å². The molecule has 0 bridgehead atoms. The van der Waals surface area contributed by atoms with Gasteiger partial charge in [-0.3, -0.25) is 4.79 Å². The number of nitrogens with two attached hydrogens (primary N) is 1. The molecule has 0 aliphatic heterocycles. The van der Waals surface area contributed by atoms with E-state index in [1.54, 1.807) is 6.92 Å². The zero-order valence-electron chi connectivity index (χ0n) is 8.45. The standard InChI is InChI=1S/C8H18N2O3S/c1-2-14(12,13)7-3-5-10-6-4-8(9)11/h10H,2-7H2,1H3,(H2,9,11). The summed E-state index contributed by atoms with van der Waals surface area (Å²) in [6, 6.07) is 0. The van der Waals surface area contributed by atoms with E-state index in [0.29, 0.717) is 25.9 Å². The molecule has 0 aliphatic rings. The molecule has 0 fully saturated rings. The molecule has 0 saturated carbocycles. The third-order valence-corrected chi connectivity index (χ3v) is 3.59. The van der Waals surface area contributed by atoms with E-state index >= 15 is 0 Å². The summed E-state index contributed by atoms with van der Waals surface area (Å²) in [7, 11) is -2.85. The third kappa shape index (κ3) is 8.00. The zero-order valence-corrected chi connectivity index (χ0v) is 9.27. The molecule has 0 radical (unpaired) electrons. The van der Waals surface area contributed by atoms with E-state index in [4.69, 9.17) is 5.73 Å². The fourth-order valence-corrected chi connectivity index (χ4v) is 1.77. The Morgan fingerprint density at radius 2 is 2.00 bits per heavy atom. The fraction of sp³-hybridized carbons (Fsp3) is 0.875. The Balaban J connectivity index is 3.35. The lowest BCUT2D eigenvalue weighted by molar-refractivity contribution is -0.117. The second-order valence-electron chi connectivity index (χ2n) is 3.06. The Morgan fingerprint density at radius 3 is 2.50 bits per heavy atom. The van der Waals surface area contributed by atoms with E-state index in [2.05, 4.69) is 5.32 Å². The SMILES string of the molecule is CCS(=O)(=O)CCCNCCC(N)=O. The number of carbonyl (C=O) groups is 1. The predicted octanol–water partition coefficient (Wildman–Crippen LogP) is -0.724. The second-order valence-corrected chi connectivity index (χ2v) is 5.53. The molecule has 84 valence electrons. The van der Waals surface area contributed by atoms with Gasteiger partial charge in [-0.2, -0.15) is 0 Å². The molecule has 0 atom stereocenters. The lowest BCUT2D eigenvalue weighted by Crippen LogP contribution is -2.24. The number of rotatable bonds is 8. The highest BCUT2D eigenvalue weighted by Gasteiger charge is 2.05. The van der Waals surface area contributed by atoms with Gasteiger partial charge in [0.1, 0.15) is 9.84 Å². The van der Waals surface area contributed by atoms with E-state index < -0.39 is 9.84 Å². The Bertz CT molecular complexity index is 262. The van der Waals surface area contributed by atoms with Crippen molar-refractivity contribution >= 4 is 15.7 Å². The molecule has 14 heavy (non-hydrogen) atoms. The minimum absolute atomic E-state index is 0.189. The highest BCUT2D eigenvalue weighted by molar-refractivity contribution is 7.91. The normalized spacial score (nSPS) is 11.5. The summed E-state index contributed by atoms with van der Waals surface area (Å²) in [4.78, 5) is 10.3. The average Bonchev–Trinajstić information content (AvgIpc) is 2.10. The van der Waals surface area contributed by atoms with Gasteiger partial charge in [0, 0.05) is 18.7 Å². The van der Waals surface area contributed by atoms with Crippen molar-refractivity contribution in [1.29, 1.82) is 0 Å². The van der Waals surface area contributed by atoms with Gasteiger partial charge in [0.05, 0.1) is 5.75 Å². The van der Waals surface area contributed by atoms with Crippen LogP contribution in [-0.2, 0) is 14.6 Å². The van der Waals surface area contributed by atoms with Gasteiger partial charge in [0.2, 0.25) is 5.91 Å². The highest BCUT2D eigenvalue weighted by Crippen LogP contribution is 1.91. The van der Waals surface area contributed by atoms with Crippen molar-refractivity contribution in [1.82, 2.24) is 5.32 Å². The summed E-state index contributed by atoms with van der Waals surface area (Å²) in [5, 5.41) is 2.95. The van der Waals surface area contributed by atoms with Crippen molar-refractivity contribution in [2.75, 3.05) is 24.6 Å². The van der Waals surface area contributed by atoms with E-state index in [9.17, 15) is 13.2 Å². The fourth-order valence-electron chi connectivity index (χ4n) is 0.898. The zero-order chi connectivity index (χ0) is 11.0. The van der Waals surface area contributed by atoms with Crippen LogP contribution in [0.15, 0.2) is 0 Å². The molecule has 0 aromatic rings. The van der Waals surface area contributed by atoms with E-state index in [-0.39, 0.29) is 17.4 Å². The van der Waals surface area contributed by atoms with Crippen molar-refractivity contribution in [3.05, 3.63) is 0 Å². The molecule has 1 amide bonds. The average molecular weight is 222 g/mol. The quantitative estimate of drug-likeness (QED) is 0.530. The summed E-state index contributed by atoms with van der Waals surface area (Å²) in [6.45, 7) is 2.75. The lowest BCUT2D eigenvalue weighted by atomic mass is 10.4. The van der Waals surface area contributed by atoms with E-state index in [1.165, 1.54) is 0 Å². The molecule has 6 heteroatoms. The van der Waals surface area contributed by atoms with Gasteiger partial charge in [-0.25, -0.2) is 8.42 Å². The van der Waals surface area contributed by atoms with Crippen molar-refractivity contribution in [3.63, 3.8) is 0 Å². The Hall–Kier alpha value is -0.620. The number of hydrogen-bond acceptors (Lipinski definition) is 4. The maximum absolute atomic E-state index is 11.0. The van der Waals surface area contributed by atoms with Gasteiger partial charge in [-0.05, 0) is 13.0 Å². The minimum atomic E-state index is -2.85. The van der Waals surface area contributed by atoms with Crippen LogP contribution in [0, 0.1) is 0 Å². The molecule has 0 spiro atoms. The van der Waals surface area contributed by atoms with Crippen LogP contribution in [-0.4, -0.2) is 38.9 Å². The van der Waals surface area contributed by atoms with E-state index in [0.717, 1.165) is 0 Å². The summed E-state index contributed by atoms with van der Waals surface area (Å²) in [5.41, 5.74) is 4.92. The molecule has 5 nitrogen and oxygen atoms in total. The van der Waals surface area contributed by atoms with Gasteiger partial charge in [0.15, 0.2) is 0 Å². The van der Waals surface area contributed by atoms with Crippen molar-refractivity contribution in [3.8, 4) is 0 Å². The number of hydrogen-bond donors (Lipinski definition) is 2. The van der Waals surface area contributed by atoms with E-state index in [1.807, 2.05) is 0 Å². The molecule has 0 unspecified atom stereocenters. The summed E-state index contributed by atoms with van der Waals surface area (Å²) < 4.78 is 22.1. The first-order valence-corrected chi connectivity index (χ1v) is 6.49. The number of amides is 1. The molecule has 0 aliphatic carbocycles. The van der Waals surface area contributed by atoms with Crippen molar-refractivity contribution in [2.24, 2.45) is 5.73 Å². The third-order valence-electron chi connectivity index (χ3n) is 1.80. The van der Waals surface area contributed by atoms with Crippen LogP contribution in [0.2, 0.25) is 0 Å². The van der Waals surface area contributed by atoms with Gasteiger partial charge in [0.25, 0.3) is 0 Å². The Morgan fingerprint density at radius 1 is 1.36 bits per heavy atom. The van der Waals surface area contributed by atoms with Crippen LogP contribution < -0.4 is 11.1 Å². The van der Waals surface area contributed by atoms with Gasteiger partial charge < -0.3 is 11.1 Å². The first-order valence-electron chi connectivity index (χ1n) is 4.67. The van der Waals surface area contributed by atoms with Gasteiger partial charge >= 0.3 is 0 Å². The second kappa shape index (κ2) is 6.78. The minimum Gasteiger partial charge on any atom is -0.370 e. The Kier molecular flexibility index (Phi) is 6.48. The van der Waals surface area contributed by atoms with Crippen LogP contribution in [0.3, 0.4) is 0 Å². The van der Waals surface area contributed by atoms with Crippen LogP contribution >= 0.6 is 0 Å². The monoisotopic (exact) mass is 222 g/mol. The molecule has 3 N–H and O–H groups in total. The maximum Gasteiger partial charge on any atom is 0.218 e. The number of sulfone groups is 1. The van der Waals surface area contributed by atoms with Crippen molar-refractivity contribution in [2.45, 2.75) is 19.8 Å². The molecule has 0 rings (SSSR count). The summed E-state index contributed by atoms with van der Waals surface area (Å²) in [5.74, 6) is 0.0418. The molecule has 0 aromatic carbocycles. The molecule has 0 saturated heterocycles. The highest BCUT2D eigenvalue weighted by atomic mass is 32.2. The van der Waals surface area contributed by atoms with Gasteiger partial charge in [-0.15, -0.1) is 0 Å². The summed E-state index contributed by atoms with van der Waals surface area (Å²) in [6.07, 6.45) is 0.870. The lowest BCUT2D eigenvalue weighted by Gasteiger charge is -2.03. The van der Waals surface area contributed by atoms with Crippen LogP contribution in [0.25, 0.3) is 0 Å². The van der Waals surface area contributed by atoms with Crippen LogP contribution in [0.5, 0.6) is 0 Å². The van der Waals surface area contributed by atoms with Crippen molar-refractivity contribution < 1.29 is 13.2 Å². The largest absolute Gasteiger partial charge is 0.370 e. The predicted molar refractivity (Wildman–Crippen MR) is 55.6 cm³/mol. The molecular weight excluding hydrogens is 204 g/mol. The van der Waals surface area contributed by atoms with Crippen LogP contribution in [0.4, 0.5) is 0 Å². The number of carbonyl (C=O) groups excluding carboxylic acids is 1. The first kappa shape index (κ1) is 13.4. The smallest absolute Gasteiger partial charge is 0.218 e.